The van der Waals surface area contributed by atoms with E-state index in [4.69, 9.17) is 5.11 Å². The molecule has 0 spiro atoms. The maximum Gasteiger partial charge on any atom is 0.325 e. The fraction of sp³-hybridized carbons (Fsp3) is 0.500. The van der Waals surface area contributed by atoms with Crippen molar-refractivity contribution in [2.75, 3.05) is 12.4 Å². The first kappa shape index (κ1) is 9.93. The lowest BCUT2D eigenvalue weighted by Gasteiger charge is -1.85. The van der Waals surface area contributed by atoms with Gasteiger partial charge in [0.2, 0.25) is 0 Å². The Labute approximate surface area is 63.1 Å². The van der Waals surface area contributed by atoms with Crippen LogP contribution < -0.4 is 0 Å². The molecule has 3 nitrogen and oxygen atoms in total. The largest absolute Gasteiger partial charge is 0.396 e. The highest BCUT2D eigenvalue weighted by molar-refractivity contribution is 8.03. The molecule has 0 unspecified atom stereocenters. The quantitative estimate of drug-likeness (QED) is 0.512. The Kier molecular flexibility index (Phi) is 4.67. The molecule has 0 aliphatic heterocycles. The van der Waals surface area contributed by atoms with Crippen LogP contribution in [0.3, 0.4) is 0 Å². The molecule has 0 radical (unpaired) electrons. The summed E-state index contributed by atoms with van der Waals surface area (Å²) in [6.07, 6.45) is 0. The maximum absolute atomic E-state index is 11.6. The Morgan fingerprint density at radius 3 is 2.60 bits per heavy atom. The van der Waals surface area contributed by atoms with Crippen LogP contribution in [0.15, 0.2) is 10.8 Å². The van der Waals surface area contributed by atoms with Crippen molar-refractivity contribution in [3.63, 3.8) is 0 Å². The molecule has 0 atom stereocenters. The monoisotopic (exact) mass is 186 g/mol. The van der Waals surface area contributed by atoms with Crippen molar-refractivity contribution in [1.82, 2.24) is 0 Å². The molecule has 60 valence electrons. The molecule has 0 saturated heterocycles. The molecule has 0 aromatic heterocycles. The van der Waals surface area contributed by atoms with E-state index in [1.54, 1.807) is 0 Å². The summed E-state index contributed by atoms with van der Waals surface area (Å²) in [5.41, 5.74) is 0. The molecule has 0 heterocycles. The normalized spacial score (nSPS) is 12.6. The summed E-state index contributed by atoms with van der Waals surface area (Å²) in [6, 6.07) is 0. The van der Waals surface area contributed by atoms with Gasteiger partial charge < -0.3 is 5.11 Å². The third-order valence-corrected chi connectivity index (χ3v) is 1.90. The Morgan fingerprint density at radius 2 is 2.20 bits per heavy atom. The number of hydrogen-bond acceptors (Lipinski definition) is 4. The first-order valence-electron chi connectivity index (χ1n) is 2.40. The summed E-state index contributed by atoms with van der Waals surface area (Å²) >= 11 is 1.03. The molecule has 6 heteroatoms. The maximum atomic E-state index is 11.6. The van der Waals surface area contributed by atoms with E-state index >= 15 is 0 Å². The van der Waals surface area contributed by atoms with Crippen molar-refractivity contribution in [2.45, 2.75) is 0 Å². The highest BCUT2D eigenvalue weighted by atomic mass is 32.3. The zero-order chi connectivity index (χ0) is 8.04. The topological polar surface area (TPSA) is 54.4 Å². The first-order chi connectivity index (χ1) is 4.56. The number of aliphatic hydroxyl groups is 1. The lowest BCUT2D eigenvalue weighted by molar-refractivity contribution is 0.322. The molecule has 0 fully saturated rings. The average molecular weight is 186 g/mol. The summed E-state index contributed by atoms with van der Waals surface area (Å²) in [6.45, 7) is -0.0542. The molecule has 0 aromatic rings. The van der Waals surface area contributed by atoms with Gasteiger partial charge in [0, 0.05) is 5.75 Å². The van der Waals surface area contributed by atoms with E-state index in [-0.39, 0.29) is 6.61 Å². The second-order valence-corrected chi connectivity index (χ2v) is 3.58. The number of aliphatic hydroxyl groups excluding tert-OH is 1. The minimum absolute atomic E-state index is 0.0542. The van der Waals surface area contributed by atoms with Gasteiger partial charge in [-0.3, -0.25) is 0 Å². The van der Waals surface area contributed by atoms with E-state index in [1.165, 1.54) is 0 Å². The second kappa shape index (κ2) is 4.70. The van der Waals surface area contributed by atoms with Gasteiger partial charge in [-0.1, -0.05) is 0 Å². The molecular weight excluding hydrogens is 179 g/mol. The van der Waals surface area contributed by atoms with E-state index < -0.39 is 10.2 Å². The van der Waals surface area contributed by atoms with Crippen LogP contribution in [0, 0.1) is 0 Å². The van der Waals surface area contributed by atoms with Gasteiger partial charge in [-0.05, 0) is 5.41 Å². The van der Waals surface area contributed by atoms with Crippen LogP contribution >= 0.6 is 11.8 Å². The van der Waals surface area contributed by atoms with Crippen molar-refractivity contribution in [3.05, 3.63) is 10.8 Å². The molecule has 0 amide bonds. The van der Waals surface area contributed by atoms with Crippen molar-refractivity contribution >= 4 is 22.0 Å². The van der Waals surface area contributed by atoms with Crippen LogP contribution in [0.4, 0.5) is 3.89 Å². The van der Waals surface area contributed by atoms with Crippen LogP contribution in [0.2, 0.25) is 0 Å². The van der Waals surface area contributed by atoms with Gasteiger partial charge in [-0.15, -0.1) is 15.6 Å². The third kappa shape index (κ3) is 7.93. The van der Waals surface area contributed by atoms with Gasteiger partial charge in [0.25, 0.3) is 0 Å². The van der Waals surface area contributed by atoms with E-state index in [2.05, 4.69) is 0 Å². The second-order valence-electron chi connectivity index (χ2n) is 1.34. The Balaban J connectivity index is 3.58. The molecule has 1 N–H and O–H groups in total. The van der Waals surface area contributed by atoms with Gasteiger partial charge in [-0.2, -0.15) is 8.42 Å². The summed E-state index contributed by atoms with van der Waals surface area (Å²) in [4.78, 5) is 0. The summed E-state index contributed by atoms with van der Waals surface area (Å²) in [5, 5.41) is 9.74. The number of hydrogen-bond donors (Lipinski definition) is 1. The van der Waals surface area contributed by atoms with Crippen LogP contribution in [0.1, 0.15) is 0 Å². The molecule has 0 rings (SSSR count). The lowest BCUT2D eigenvalue weighted by Crippen LogP contribution is -1.83. The predicted octanol–water partition coefficient (Wildman–Crippen LogP) is 0.482. The van der Waals surface area contributed by atoms with Gasteiger partial charge >= 0.3 is 10.2 Å². The van der Waals surface area contributed by atoms with E-state index in [9.17, 15) is 12.3 Å². The molecular formula is C4H7FO3S2. The van der Waals surface area contributed by atoms with Gasteiger partial charge in [0.15, 0.2) is 0 Å². The number of rotatable bonds is 4. The van der Waals surface area contributed by atoms with Crippen LogP contribution in [-0.2, 0) is 10.2 Å². The van der Waals surface area contributed by atoms with Crippen molar-refractivity contribution < 1.29 is 17.4 Å². The smallest absolute Gasteiger partial charge is 0.325 e. The van der Waals surface area contributed by atoms with E-state index in [0.717, 1.165) is 17.2 Å². The third-order valence-electron chi connectivity index (χ3n) is 0.523. The Bertz CT molecular complexity index is 197. The first-order valence-corrected chi connectivity index (χ1v) is 4.89. The number of thioether (sulfide) groups is 1. The molecule has 0 aromatic carbocycles. The van der Waals surface area contributed by atoms with E-state index in [1.807, 2.05) is 0 Å². The van der Waals surface area contributed by atoms with Gasteiger partial charge in [0.1, 0.15) is 0 Å². The average Bonchev–Trinajstić information content (AvgIpc) is 1.78. The van der Waals surface area contributed by atoms with Crippen LogP contribution in [0.25, 0.3) is 0 Å². The van der Waals surface area contributed by atoms with Gasteiger partial charge in [-0.25, -0.2) is 0 Å². The fourth-order valence-electron chi connectivity index (χ4n) is 0.226. The van der Waals surface area contributed by atoms with Gasteiger partial charge in [0.05, 0.1) is 12.0 Å². The Morgan fingerprint density at radius 1 is 1.60 bits per heavy atom. The SMILES string of the molecule is O=S(=O)(F)/C=C/SCCO. The molecule has 0 aliphatic rings. The Hall–Kier alpha value is -0.0700. The number of halogens is 1. The van der Waals surface area contributed by atoms with Crippen molar-refractivity contribution in [2.24, 2.45) is 0 Å². The summed E-state index contributed by atoms with van der Waals surface area (Å²) in [5.74, 6) is 0.367. The predicted molar refractivity (Wildman–Crippen MR) is 38.7 cm³/mol. The summed E-state index contributed by atoms with van der Waals surface area (Å²) < 4.78 is 31.2. The fourth-order valence-corrected chi connectivity index (χ4v) is 1.31. The van der Waals surface area contributed by atoms with E-state index in [0.29, 0.717) is 11.2 Å². The summed E-state index contributed by atoms with van der Waals surface area (Å²) in [7, 11) is -4.49. The standard InChI is InChI=1S/C4H7FO3S2/c5-10(7,8)4-3-9-2-1-6/h3-4,6H,1-2H2/b4-3+. The molecule has 0 aliphatic carbocycles. The van der Waals surface area contributed by atoms with Crippen LogP contribution in [0.5, 0.6) is 0 Å². The zero-order valence-electron chi connectivity index (χ0n) is 5.03. The zero-order valence-corrected chi connectivity index (χ0v) is 6.66. The molecule has 0 bridgehead atoms. The van der Waals surface area contributed by atoms with Crippen molar-refractivity contribution in [1.29, 1.82) is 0 Å². The minimum Gasteiger partial charge on any atom is -0.396 e. The van der Waals surface area contributed by atoms with Crippen LogP contribution in [-0.4, -0.2) is 25.9 Å². The minimum atomic E-state index is -4.49. The highest BCUT2D eigenvalue weighted by Gasteiger charge is 1.96. The lowest BCUT2D eigenvalue weighted by atomic mass is 10.9. The highest BCUT2D eigenvalue weighted by Crippen LogP contribution is 2.03. The van der Waals surface area contributed by atoms with Crippen molar-refractivity contribution in [3.8, 4) is 0 Å². The molecule has 10 heavy (non-hydrogen) atoms. The molecule has 0 saturated carbocycles.